The van der Waals surface area contributed by atoms with Gasteiger partial charge in [0.05, 0.1) is 0 Å². The maximum atomic E-state index is 12.1. The van der Waals surface area contributed by atoms with E-state index in [4.69, 9.17) is 23.8 Å². The molecule has 122 valence electrons. The molecule has 0 heterocycles. The molecular weight excluding hydrogens is 342 g/mol. The lowest BCUT2D eigenvalue weighted by Crippen LogP contribution is -2.28. The van der Waals surface area contributed by atoms with Crippen LogP contribution < -0.4 is 15.4 Å². The van der Waals surface area contributed by atoms with Crippen molar-refractivity contribution in [3.63, 3.8) is 0 Å². The zero-order chi connectivity index (χ0) is 16.8. The minimum absolute atomic E-state index is 0.124. The van der Waals surface area contributed by atoms with Crippen molar-refractivity contribution in [3.8, 4) is 5.75 Å². The monoisotopic (exact) mass is 356 g/mol. The van der Waals surface area contributed by atoms with Crippen LogP contribution in [0.15, 0.2) is 42.5 Å². The van der Waals surface area contributed by atoms with Gasteiger partial charge in [0.15, 0.2) is 5.11 Å². The van der Waals surface area contributed by atoms with Crippen molar-refractivity contribution in [2.45, 2.75) is 20.1 Å². The minimum atomic E-state index is -2.82. The average Bonchev–Trinajstić information content (AvgIpc) is 2.51. The van der Waals surface area contributed by atoms with Crippen LogP contribution >= 0.6 is 23.8 Å². The number of hydrogen-bond donors (Lipinski definition) is 2. The first-order valence-corrected chi connectivity index (χ1v) is 7.58. The predicted molar refractivity (Wildman–Crippen MR) is 92.3 cm³/mol. The Hall–Kier alpha value is -1.92. The Bertz CT molecular complexity index is 680. The zero-order valence-electron chi connectivity index (χ0n) is 12.3. The maximum Gasteiger partial charge on any atom is 0.387 e. The summed E-state index contributed by atoms with van der Waals surface area (Å²) in [6.07, 6.45) is 0. The van der Waals surface area contributed by atoms with Gasteiger partial charge in [-0.15, -0.1) is 0 Å². The quantitative estimate of drug-likeness (QED) is 0.758. The van der Waals surface area contributed by atoms with Gasteiger partial charge in [-0.05, 0) is 54.5 Å². The molecule has 0 aromatic heterocycles. The molecule has 0 saturated heterocycles. The van der Waals surface area contributed by atoms with Crippen LogP contribution in [0.3, 0.4) is 0 Å². The number of hydrogen-bond acceptors (Lipinski definition) is 2. The van der Waals surface area contributed by atoms with Crippen molar-refractivity contribution >= 4 is 34.6 Å². The van der Waals surface area contributed by atoms with Gasteiger partial charge >= 0.3 is 6.61 Å². The van der Waals surface area contributed by atoms with Crippen LogP contribution in [-0.4, -0.2) is 11.7 Å². The van der Waals surface area contributed by atoms with Gasteiger partial charge in [-0.2, -0.15) is 8.78 Å². The van der Waals surface area contributed by atoms with Gasteiger partial charge in [0, 0.05) is 17.3 Å². The summed E-state index contributed by atoms with van der Waals surface area (Å²) in [5.41, 5.74) is 2.63. The summed E-state index contributed by atoms with van der Waals surface area (Å²) < 4.78 is 28.4. The molecule has 0 fully saturated rings. The van der Waals surface area contributed by atoms with Crippen LogP contribution in [0.4, 0.5) is 14.5 Å². The van der Waals surface area contributed by atoms with Gasteiger partial charge in [-0.3, -0.25) is 0 Å². The summed E-state index contributed by atoms with van der Waals surface area (Å²) in [5, 5.41) is 7.22. The van der Waals surface area contributed by atoms with Crippen LogP contribution in [-0.2, 0) is 6.54 Å². The van der Waals surface area contributed by atoms with E-state index in [1.165, 1.54) is 12.1 Å². The van der Waals surface area contributed by atoms with Crippen molar-refractivity contribution < 1.29 is 13.5 Å². The Morgan fingerprint density at radius 1 is 1.22 bits per heavy atom. The molecule has 23 heavy (non-hydrogen) atoms. The van der Waals surface area contributed by atoms with E-state index in [9.17, 15) is 8.78 Å². The van der Waals surface area contributed by atoms with E-state index in [-0.39, 0.29) is 5.75 Å². The maximum absolute atomic E-state index is 12.1. The second-order valence-corrected chi connectivity index (χ2v) is 5.56. The third-order valence-electron chi connectivity index (χ3n) is 3.12. The molecule has 2 N–H and O–H groups in total. The number of ether oxygens (including phenoxy) is 1. The molecule has 0 spiro atoms. The summed E-state index contributed by atoms with van der Waals surface area (Å²) in [4.78, 5) is 0. The van der Waals surface area contributed by atoms with Crippen LogP contribution in [0, 0.1) is 6.92 Å². The van der Waals surface area contributed by atoms with Gasteiger partial charge in [-0.1, -0.05) is 29.8 Å². The highest BCUT2D eigenvalue weighted by Crippen LogP contribution is 2.22. The number of alkyl halides is 2. The molecule has 0 bridgehead atoms. The highest BCUT2D eigenvalue weighted by Gasteiger charge is 2.05. The van der Waals surface area contributed by atoms with E-state index in [1.807, 2.05) is 25.1 Å². The third kappa shape index (κ3) is 5.33. The standard InChI is InChI=1S/C16H15ClF2N2OS/c1-10-13(17)3-2-4-14(10)21-16(23)20-9-11-5-7-12(8-6-11)22-15(18)19/h2-8,15H,9H2,1H3,(H2,20,21,23). The summed E-state index contributed by atoms with van der Waals surface area (Å²) >= 11 is 11.3. The Kier molecular flexibility index (Phi) is 6.12. The second-order valence-electron chi connectivity index (χ2n) is 4.74. The second kappa shape index (κ2) is 8.08. The van der Waals surface area contributed by atoms with E-state index in [0.717, 1.165) is 16.8 Å². The van der Waals surface area contributed by atoms with E-state index < -0.39 is 6.61 Å². The highest BCUT2D eigenvalue weighted by molar-refractivity contribution is 7.80. The van der Waals surface area contributed by atoms with Crippen LogP contribution in [0.1, 0.15) is 11.1 Å². The number of benzene rings is 2. The Morgan fingerprint density at radius 3 is 2.57 bits per heavy atom. The van der Waals surface area contributed by atoms with Crippen molar-refractivity contribution in [1.82, 2.24) is 5.32 Å². The summed E-state index contributed by atoms with van der Waals surface area (Å²) in [6.45, 7) is -0.466. The van der Waals surface area contributed by atoms with Crippen molar-refractivity contribution in [2.24, 2.45) is 0 Å². The SMILES string of the molecule is Cc1c(Cl)cccc1NC(=S)NCc1ccc(OC(F)F)cc1. The Balaban J connectivity index is 1.88. The lowest BCUT2D eigenvalue weighted by Gasteiger charge is -2.13. The van der Waals surface area contributed by atoms with Crippen molar-refractivity contribution in [2.75, 3.05) is 5.32 Å². The lowest BCUT2D eigenvalue weighted by atomic mass is 10.2. The molecule has 7 heteroatoms. The largest absolute Gasteiger partial charge is 0.435 e. The van der Waals surface area contributed by atoms with E-state index >= 15 is 0 Å². The number of rotatable bonds is 5. The van der Waals surface area contributed by atoms with Gasteiger partial charge in [0.25, 0.3) is 0 Å². The van der Waals surface area contributed by atoms with Crippen LogP contribution in [0.2, 0.25) is 5.02 Å². The predicted octanol–water partition coefficient (Wildman–Crippen LogP) is 4.74. The molecule has 3 nitrogen and oxygen atoms in total. The Labute approximate surface area is 143 Å². The molecule has 0 aliphatic rings. The summed E-state index contributed by atoms with van der Waals surface area (Å²) in [6, 6.07) is 11.9. The zero-order valence-corrected chi connectivity index (χ0v) is 13.8. The lowest BCUT2D eigenvalue weighted by molar-refractivity contribution is -0.0498. The molecular formula is C16H15ClF2N2OS. The molecule has 0 radical (unpaired) electrons. The number of anilines is 1. The van der Waals surface area contributed by atoms with E-state index in [0.29, 0.717) is 16.7 Å². The van der Waals surface area contributed by atoms with Crippen molar-refractivity contribution in [1.29, 1.82) is 0 Å². The summed E-state index contributed by atoms with van der Waals surface area (Å²) in [7, 11) is 0. The molecule has 0 atom stereocenters. The third-order valence-corrected chi connectivity index (χ3v) is 3.77. The van der Waals surface area contributed by atoms with Crippen LogP contribution in [0.5, 0.6) is 5.75 Å². The fraction of sp³-hybridized carbons (Fsp3) is 0.188. The van der Waals surface area contributed by atoms with Gasteiger partial charge in [0.1, 0.15) is 5.75 Å². The smallest absolute Gasteiger partial charge is 0.387 e. The average molecular weight is 357 g/mol. The molecule has 0 saturated carbocycles. The molecule has 2 rings (SSSR count). The van der Waals surface area contributed by atoms with Gasteiger partial charge in [-0.25, -0.2) is 0 Å². The molecule has 0 aliphatic heterocycles. The van der Waals surface area contributed by atoms with Crippen LogP contribution in [0.25, 0.3) is 0 Å². The number of nitrogens with one attached hydrogen (secondary N) is 2. The van der Waals surface area contributed by atoms with Gasteiger partial charge in [0.2, 0.25) is 0 Å². The fourth-order valence-electron chi connectivity index (χ4n) is 1.88. The normalized spacial score (nSPS) is 10.5. The molecule has 0 amide bonds. The first kappa shape index (κ1) is 17.4. The number of thiocarbonyl (C=S) groups is 1. The topological polar surface area (TPSA) is 33.3 Å². The molecule has 0 aliphatic carbocycles. The Morgan fingerprint density at radius 2 is 1.91 bits per heavy atom. The molecule has 2 aromatic rings. The minimum Gasteiger partial charge on any atom is -0.435 e. The fourth-order valence-corrected chi connectivity index (χ4v) is 2.24. The summed E-state index contributed by atoms with van der Waals surface area (Å²) in [5.74, 6) is 0.124. The first-order chi connectivity index (χ1) is 11.0. The molecule has 2 aromatic carbocycles. The van der Waals surface area contributed by atoms with E-state index in [2.05, 4.69) is 15.4 Å². The number of halogens is 3. The first-order valence-electron chi connectivity index (χ1n) is 6.79. The van der Waals surface area contributed by atoms with Gasteiger partial charge < -0.3 is 15.4 Å². The van der Waals surface area contributed by atoms with E-state index in [1.54, 1.807) is 12.1 Å². The highest BCUT2D eigenvalue weighted by atomic mass is 35.5. The van der Waals surface area contributed by atoms with Crippen molar-refractivity contribution in [3.05, 3.63) is 58.6 Å². The molecule has 0 unspecified atom stereocenters.